The van der Waals surface area contributed by atoms with Gasteiger partial charge < -0.3 is 19.4 Å². The molecule has 9 nitrogen and oxygen atoms in total. The van der Waals surface area contributed by atoms with E-state index in [4.69, 9.17) is 24.7 Å². The first-order valence-electron chi connectivity index (χ1n) is 17.8. The summed E-state index contributed by atoms with van der Waals surface area (Å²) in [5.74, 6) is -0.872. The molecule has 1 N–H and O–H groups in total. The Morgan fingerprint density at radius 2 is 1.83 bits per heavy atom. The van der Waals surface area contributed by atoms with Crippen LogP contribution in [0.1, 0.15) is 97.8 Å². The maximum absolute atomic E-state index is 14.3. The Kier molecular flexibility index (Phi) is 11.2. The molecule has 2 aromatic carbocycles. The summed E-state index contributed by atoms with van der Waals surface area (Å²) in [6.45, 7) is 8.80. The minimum atomic E-state index is -4.25. The van der Waals surface area contributed by atoms with Gasteiger partial charge in [0.05, 0.1) is 35.1 Å². The van der Waals surface area contributed by atoms with E-state index in [-0.39, 0.29) is 42.9 Å². The zero-order chi connectivity index (χ0) is 37.0. The number of piperidine rings is 1. The van der Waals surface area contributed by atoms with Crippen LogP contribution in [0.5, 0.6) is 5.88 Å². The first kappa shape index (κ1) is 37.2. The van der Waals surface area contributed by atoms with Gasteiger partial charge in [0.1, 0.15) is 18.2 Å². The van der Waals surface area contributed by atoms with Crippen LogP contribution in [0, 0.1) is 23.1 Å². The Morgan fingerprint density at radius 1 is 1.06 bits per heavy atom. The monoisotopic (exact) mass is 720 g/mol. The minimum Gasteiger partial charge on any atom is -0.473 e. The van der Waals surface area contributed by atoms with E-state index in [0.717, 1.165) is 31.6 Å². The molecule has 3 heterocycles. The van der Waals surface area contributed by atoms with Gasteiger partial charge in [0.25, 0.3) is 5.91 Å². The molecule has 6 rings (SSSR count). The smallest absolute Gasteiger partial charge is 0.391 e. The Balaban J connectivity index is 1.13. The highest BCUT2D eigenvalue weighted by Gasteiger charge is 2.49. The Hall–Kier alpha value is -4.54. The molecule has 13 heteroatoms. The number of carbonyl (C=O) groups excluding carboxylic acids is 1. The Morgan fingerprint density at radius 3 is 2.52 bits per heavy atom. The summed E-state index contributed by atoms with van der Waals surface area (Å²) < 4.78 is 68.3. The van der Waals surface area contributed by atoms with Crippen molar-refractivity contribution < 1.29 is 31.8 Å². The number of hydrogen-bond donors (Lipinski definition) is 1. The number of nitrogens with one attached hydrogen (secondary N) is 1. The molecule has 276 valence electrons. The third-order valence-electron chi connectivity index (χ3n) is 10.2. The highest BCUT2D eigenvalue weighted by molar-refractivity contribution is 5.98. The number of hydrogen-bond acceptors (Lipinski definition) is 7. The second kappa shape index (κ2) is 15.6. The van der Waals surface area contributed by atoms with Crippen LogP contribution in [-0.4, -0.2) is 63.4 Å². The van der Waals surface area contributed by atoms with Crippen LogP contribution >= 0.6 is 0 Å². The van der Waals surface area contributed by atoms with Gasteiger partial charge in [-0.2, -0.15) is 18.4 Å². The van der Waals surface area contributed by atoms with Crippen LogP contribution in [-0.2, 0) is 17.9 Å². The zero-order valence-electron chi connectivity index (χ0n) is 29.7. The van der Waals surface area contributed by atoms with E-state index in [2.05, 4.69) is 10.2 Å². The van der Waals surface area contributed by atoms with Crippen LogP contribution < -0.4 is 10.1 Å². The molecule has 1 saturated carbocycles. The van der Waals surface area contributed by atoms with E-state index >= 15 is 0 Å². The number of pyridine rings is 1. The fourth-order valence-electron chi connectivity index (χ4n) is 6.99. The van der Waals surface area contributed by atoms with Crippen molar-refractivity contribution in [3.05, 3.63) is 88.6 Å². The molecule has 52 heavy (non-hydrogen) atoms. The van der Waals surface area contributed by atoms with Gasteiger partial charge in [-0.15, -0.1) is 0 Å². The number of rotatable bonds is 13. The van der Waals surface area contributed by atoms with Gasteiger partial charge in [-0.3, -0.25) is 9.69 Å². The largest absolute Gasteiger partial charge is 0.473 e. The molecule has 1 saturated heterocycles. The lowest BCUT2D eigenvalue weighted by Gasteiger charge is -2.39. The quantitative estimate of drug-likeness (QED) is 0.111. The summed E-state index contributed by atoms with van der Waals surface area (Å²) >= 11 is 0. The summed E-state index contributed by atoms with van der Waals surface area (Å²) in [6, 6.07) is 16.6. The van der Waals surface area contributed by atoms with E-state index in [1.807, 2.05) is 43.5 Å². The fraction of sp³-hybridized carbons (Fsp3) is 0.487. The fourth-order valence-corrected chi connectivity index (χ4v) is 6.99. The number of amides is 1. The zero-order valence-corrected chi connectivity index (χ0v) is 29.7. The van der Waals surface area contributed by atoms with Crippen molar-refractivity contribution in [2.45, 2.75) is 89.7 Å². The molecule has 1 amide bonds. The van der Waals surface area contributed by atoms with Crippen molar-refractivity contribution in [3.63, 3.8) is 0 Å². The molecule has 4 aromatic rings. The number of ether oxygens (including phenoxy) is 2. The number of benzene rings is 2. The molecule has 2 aromatic heterocycles. The molecule has 2 fully saturated rings. The van der Waals surface area contributed by atoms with Crippen molar-refractivity contribution >= 4 is 16.9 Å². The minimum absolute atomic E-state index is 0.0171. The van der Waals surface area contributed by atoms with Crippen molar-refractivity contribution in [2.24, 2.45) is 5.92 Å². The van der Waals surface area contributed by atoms with E-state index in [9.17, 15) is 22.4 Å². The number of nitrogens with zero attached hydrogens (tertiary/aromatic N) is 5. The maximum Gasteiger partial charge on any atom is 0.391 e. The van der Waals surface area contributed by atoms with E-state index < -0.39 is 23.5 Å². The summed E-state index contributed by atoms with van der Waals surface area (Å²) in [5.41, 5.74) is 2.68. The standard InChI is InChI=1S/C39H44F4N6O3/c1-4-51-17-14-38(2,3)47-37(50)27-10-11-33-34(19-27)49(30-20-29(21-30)39(41,42)43)35(45-33)23-48-15-12-26(13-16-48)32-6-5-7-36(46-32)52-24-28-9-8-25(22-44)18-31(28)40/h5-11,18-19,26,29-30H,4,12-17,20-21,23-24H2,1-3H3,(H,47,50). The molecule has 2 aliphatic rings. The van der Waals surface area contributed by atoms with Crippen LogP contribution in [0.3, 0.4) is 0 Å². The Bertz CT molecular complexity index is 1920. The lowest BCUT2D eigenvalue weighted by Crippen LogP contribution is -2.44. The van der Waals surface area contributed by atoms with Crippen molar-refractivity contribution in [2.75, 3.05) is 26.3 Å². The van der Waals surface area contributed by atoms with Gasteiger partial charge in [0.2, 0.25) is 5.88 Å². The van der Waals surface area contributed by atoms with E-state index in [1.54, 1.807) is 30.3 Å². The van der Waals surface area contributed by atoms with Gasteiger partial charge >= 0.3 is 6.18 Å². The number of nitriles is 1. The van der Waals surface area contributed by atoms with Crippen LogP contribution in [0.15, 0.2) is 54.6 Å². The lowest BCUT2D eigenvalue weighted by atomic mass is 9.79. The normalized spacial score (nSPS) is 18.6. The van der Waals surface area contributed by atoms with Gasteiger partial charge in [0, 0.05) is 53.6 Å². The summed E-state index contributed by atoms with van der Waals surface area (Å²) in [5, 5.41) is 12.0. The third kappa shape index (κ3) is 8.73. The van der Waals surface area contributed by atoms with Gasteiger partial charge in [-0.05, 0) is 102 Å². The van der Waals surface area contributed by atoms with Crippen molar-refractivity contribution in [3.8, 4) is 11.9 Å². The molecule has 0 bridgehead atoms. The Labute approximate surface area is 300 Å². The first-order chi connectivity index (χ1) is 24.8. The number of carbonyl (C=O) groups is 1. The predicted molar refractivity (Wildman–Crippen MR) is 187 cm³/mol. The summed E-state index contributed by atoms with van der Waals surface area (Å²) in [4.78, 5) is 25.2. The molecule has 1 aliphatic carbocycles. The molecular formula is C39H44F4N6O3. The molecular weight excluding hydrogens is 676 g/mol. The molecule has 0 unspecified atom stereocenters. The molecule has 1 aliphatic heterocycles. The second-order valence-corrected chi connectivity index (χ2v) is 14.4. The lowest BCUT2D eigenvalue weighted by molar-refractivity contribution is -0.202. The number of halogens is 4. The van der Waals surface area contributed by atoms with Crippen molar-refractivity contribution in [1.82, 2.24) is 24.8 Å². The average molecular weight is 721 g/mol. The van der Waals surface area contributed by atoms with Crippen LogP contribution in [0.4, 0.5) is 17.6 Å². The first-order valence-corrected chi connectivity index (χ1v) is 17.8. The number of alkyl halides is 3. The molecule has 0 radical (unpaired) electrons. The van der Waals surface area contributed by atoms with Crippen LogP contribution in [0.25, 0.3) is 11.0 Å². The van der Waals surface area contributed by atoms with E-state index in [0.29, 0.717) is 60.0 Å². The number of fused-ring (bicyclic) bond motifs is 1. The van der Waals surface area contributed by atoms with Gasteiger partial charge in [-0.25, -0.2) is 14.4 Å². The van der Waals surface area contributed by atoms with Gasteiger partial charge in [0.15, 0.2) is 0 Å². The highest BCUT2D eigenvalue weighted by Crippen LogP contribution is 2.48. The summed E-state index contributed by atoms with van der Waals surface area (Å²) in [7, 11) is 0. The predicted octanol–water partition coefficient (Wildman–Crippen LogP) is 7.85. The number of aromatic nitrogens is 3. The van der Waals surface area contributed by atoms with Crippen LogP contribution in [0.2, 0.25) is 0 Å². The van der Waals surface area contributed by atoms with Crippen molar-refractivity contribution in [1.29, 1.82) is 5.26 Å². The topological polar surface area (TPSA) is 105 Å². The third-order valence-corrected chi connectivity index (χ3v) is 10.2. The number of imidazole rings is 1. The molecule has 0 atom stereocenters. The second-order valence-electron chi connectivity index (χ2n) is 14.4. The number of likely N-dealkylation sites (tertiary alicyclic amines) is 1. The van der Waals surface area contributed by atoms with Gasteiger partial charge in [-0.1, -0.05) is 12.1 Å². The van der Waals surface area contributed by atoms with E-state index in [1.165, 1.54) is 12.1 Å². The SMILES string of the molecule is CCOCCC(C)(C)NC(=O)c1ccc2nc(CN3CCC(c4cccc(OCc5ccc(C#N)cc5F)n4)CC3)n(C3CC(C(F)(F)F)C3)c2c1. The summed E-state index contributed by atoms with van der Waals surface area (Å²) in [6.07, 6.45) is -2.04. The maximum atomic E-state index is 14.3. The average Bonchev–Trinajstić information content (AvgIpc) is 3.43. The molecule has 0 spiro atoms. The highest BCUT2D eigenvalue weighted by atomic mass is 19.4.